The second kappa shape index (κ2) is 8.65. The van der Waals surface area contributed by atoms with Gasteiger partial charge in [-0.25, -0.2) is 0 Å². The first kappa shape index (κ1) is 19.7. The van der Waals surface area contributed by atoms with Gasteiger partial charge >= 0.3 is 0 Å². The first-order valence-electron chi connectivity index (χ1n) is 9.07. The summed E-state index contributed by atoms with van der Waals surface area (Å²) in [6, 6.07) is 13.6. The molecule has 0 bridgehead atoms. The summed E-state index contributed by atoms with van der Waals surface area (Å²) in [4.78, 5) is 24.7. The molecule has 0 aliphatic carbocycles. The maximum absolute atomic E-state index is 12.5. The minimum atomic E-state index is -0.315. The van der Waals surface area contributed by atoms with Gasteiger partial charge < -0.3 is 10.6 Å². The van der Waals surface area contributed by atoms with Crippen LogP contribution in [-0.4, -0.2) is 11.8 Å². The van der Waals surface area contributed by atoms with Crippen molar-refractivity contribution in [2.45, 2.75) is 52.9 Å². The summed E-state index contributed by atoms with van der Waals surface area (Å²) in [6.45, 7) is 10.3. The Morgan fingerprint density at radius 1 is 0.808 bits per heavy atom. The van der Waals surface area contributed by atoms with E-state index in [-0.39, 0.29) is 30.1 Å². The Bertz CT molecular complexity index is 768. The van der Waals surface area contributed by atoms with Crippen LogP contribution < -0.4 is 10.6 Å². The Kier molecular flexibility index (Phi) is 6.56. The molecule has 0 unspecified atom stereocenters. The Hall–Kier alpha value is -2.62. The highest BCUT2D eigenvalue weighted by atomic mass is 16.2. The molecule has 2 rings (SSSR count). The van der Waals surface area contributed by atoms with Crippen LogP contribution in [-0.2, 0) is 9.59 Å². The summed E-state index contributed by atoms with van der Waals surface area (Å²) in [5.41, 5.74) is 4.71. The SMILES string of the molecule is Cc1ccccc1NC(=O)CC(=O)Nc1c(C(C)C)cccc1C(C)C. The third-order valence-corrected chi connectivity index (χ3v) is 4.38. The molecule has 0 aliphatic heterocycles. The molecule has 0 atom stereocenters. The Balaban J connectivity index is 2.12. The fourth-order valence-electron chi connectivity index (χ4n) is 2.93. The number of nitrogens with one attached hydrogen (secondary N) is 2. The lowest BCUT2D eigenvalue weighted by Gasteiger charge is -2.20. The van der Waals surface area contributed by atoms with E-state index in [1.807, 2.05) is 49.4 Å². The van der Waals surface area contributed by atoms with Gasteiger partial charge in [0, 0.05) is 11.4 Å². The number of hydrogen-bond donors (Lipinski definition) is 2. The number of hydrogen-bond acceptors (Lipinski definition) is 2. The predicted molar refractivity (Wildman–Crippen MR) is 108 cm³/mol. The monoisotopic (exact) mass is 352 g/mol. The van der Waals surface area contributed by atoms with Gasteiger partial charge in [-0.15, -0.1) is 0 Å². The van der Waals surface area contributed by atoms with Crippen molar-refractivity contribution >= 4 is 23.2 Å². The van der Waals surface area contributed by atoms with Crippen LogP contribution in [0.5, 0.6) is 0 Å². The van der Waals surface area contributed by atoms with Gasteiger partial charge in [0.25, 0.3) is 0 Å². The summed E-state index contributed by atoms with van der Waals surface area (Å²) in [7, 11) is 0. The zero-order valence-electron chi connectivity index (χ0n) is 16.2. The Labute approximate surface area is 156 Å². The highest BCUT2D eigenvalue weighted by Crippen LogP contribution is 2.32. The van der Waals surface area contributed by atoms with Gasteiger partial charge in [-0.05, 0) is 41.5 Å². The summed E-state index contributed by atoms with van der Waals surface area (Å²) in [5, 5.41) is 5.78. The van der Waals surface area contributed by atoms with E-state index in [4.69, 9.17) is 0 Å². The topological polar surface area (TPSA) is 58.2 Å². The van der Waals surface area contributed by atoms with E-state index in [2.05, 4.69) is 38.3 Å². The maximum Gasteiger partial charge on any atom is 0.233 e. The Morgan fingerprint density at radius 2 is 1.35 bits per heavy atom. The summed E-state index contributed by atoms with van der Waals surface area (Å²) >= 11 is 0. The molecule has 4 nitrogen and oxygen atoms in total. The zero-order chi connectivity index (χ0) is 19.3. The van der Waals surface area contributed by atoms with E-state index in [1.54, 1.807) is 0 Å². The van der Waals surface area contributed by atoms with Gasteiger partial charge in [-0.3, -0.25) is 9.59 Å². The van der Waals surface area contributed by atoms with Gasteiger partial charge in [-0.1, -0.05) is 64.1 Å². The fourth-order valence-corrected chi connectivity index (χ4v) is 2.93. The van der Waals surface area contributed by atoms with Crippen molar-refractivity contribution in [3.63, 3.8) is 0 Å². The van der Waals surface area contributed by atoms with Crippen LogP contribution in [0.25, 0.3) is 0 Å². The van der Waals surface area contributed by atoms with E-state index in [0.29, 0.717) is 0 Å². The predicted octanol–water partition coefficient (Wildman–Crippen LogP) is 5.21. The average molecular weight is 352 g/mol. The summed E-state index contributed by atoms with van der Waals surface area (Å²) in [6.07, 6.45) is -0.210. The Morgan fingerprint density at radius 3 is 1.88 bits per heavy atom. The molecule has 2 N–H and O–H groups in total. The molecule has 0 saturated carbocycles. The smallest absolute Gasteiger partial charge is 0.233 e. The molecule has 4 heteroatoms. The molecular formula is C22H28N2O2. The number of para-hydroxylation sites is 2. The standard InChI is InChI=1S/C22H28N2O2/c1-14(2)17-10-8-11-18(15(3)4)22(17)24-21(26)13-20(25)23-19-12-7-6-9-16(19)5/h6-12,14-15H,13H2,1-5H3,(H,23,25)(H,24,26). The van der Waals surface area contributed by atoms with Crippen molar-refractivity contribution < 1.29 is 9.59 Å². The van der Waals surface area contributed by atoms with E-state index in [1.165, 1.54) is 0 Å². The number of carbonyl (C=O) groups excluding carboxylic acids is 2. The van der Waals surface area contributed by atoms with E-state index in [0.717, 1.165) is 28.1 Å². The second-order valence-corrected chi connectivity index (χ2v) is 7.21. The van der Waals surface area contributed by atoms with Crippen LogP contribution in [0.2, 0.25) is 0 Å². The van der Waals surface area contributed by atoms with Crippen molar-refractivity contribution in [2.24, 2.45) is 0 Å². The quantitative estimate of drug-likeness (QED) is 0.701. The fraction of sp³-hybridized carbons (Fsp3) is 0.364. The summed E-state index contributed by atoms with van der Waals surface area (Å²) in [5.74, 6) is -0.0504. The number of rotatable bonds is 6. The second-order valence-electron chi connectivity index (χ2n) is 7.21. The zero-order valence-corrected chi connectivity index (χ0v) is 16.2. The van der Waals surface area contributed by atoms with Crippen LogP contribution in [0.3, 0.4) is 0 Å². The van der Waals surface area contributed by atoms with Gasteiger partial charge in [0.2, 0.25) is 11.8 Å². The number of carbonyl (C=O) groups is 2. The molecule has 0 fully saturated rings. The van der Waals surface area contributed by atoms with Crippen molar-refractivity contribution in [3.8, 4) is 0 Å². The third-order valence-electron chi connectivity index (χ3n) is 4.38. The van der Waals surface area contributed by atoms with Crippen LogP contribution >= 0.6 is 0 Å². The molecule has 138 valence electrons. The molecule has 0 aromatic heterocycles. The minimum Gasteiger partial charge on any atom is -0.325 e. The van der Waals surface area contributed by atoms with Gasteiger partial charge in [-0.2, -0.15) is 0 Å². The molecule has 0 aliphatic rings. The lowest BCUT2D eigenvalue weighted by Crippen LogP contribution is -2.23. The first-order chi connectivity index (χ1) is 12.3. The highest BCUT2D eigenvalue weighted by Gasteiger charge is 2.17. The minimum absolute atomic E-state index is 0.210. The van der Waals surface area contributed by atoms with Gasteiger partial charge in [0.1, 0.15) is 6.42 Å². The van der Waals surface area contributed by atoms with E-state index < -0.39 is 0 Å². The molecule has 2 aromatic rings. The van der Waals surface area contributed by atoms with E-state index in [9.17, 15) is 9.59 Å². The normalized spacial score (nSPS) is 10.9. The van der Waals surface area contributed by atoms with Crippen molar-refractivity contribution in [3.05, 3.63) is 59.2 Å². The molecule has 26 heavy (non-hydrogen) atoms. The average Bonchev–Trinajstić information content (AvgIpc) is 2.56. The number of benzene rings is 2. The largest absolute Gasteiger partial charge is 0.325 e. The van der Waals surface area contributed by atoms with Crippen LogP contribution in [0.4, 0.5) is 11.4 Å². The van der Waals surface area contributed by atoms with E-state index >= 15 is 0 Å². The van der Waals surface area contributed by atoms with Crippen molar-refractivity contribution in [1.29, 1.82) is 0 Å². The number of anilines is 2. The molecule has 2 aromatic carbocycles. The van der Waals surface area contributed by atoms with Gasteiger partial charge in [0.05, 0.1) is 0 Å². The lowest BCUT2D eigenvalue weighted by molar-refractivity contribution is -0.123. The van der Waals surface area contributed by atoms with Crippen LogP contribution in [0, 0.1) is 6.92 Å². The molecule has 0 spiro atoms. The molecule has 2 amide bonds. The first-order valence-corrected chi connectivity index (χ1v) is 9.07. The highest BCUT2D eigenvalue weighted by molar-refractivity contribution is 6.08. The number of aryl methyl sites for hydroxylation is 1. The summed E-state index contributed by atoms with van der Waals surface area (Å²) < 4.78 is 0. The van der Waals surface area contributed by atoms with Crippen LogP contribution in [0.1, 0.15) is 62.6 Å². The number of amides is 2. The molecule has 0 saturated heterocycles. The molecular weight excluding hydrogens is 324 g/mol. The molecule has 0 radical (unpaired) electrons. The van der Waals surface area contributed by atoms with Gasteiger partial charge in [0.15, 0.2) is 0 Å². The lowest BCUT2D eigenvalue weighted by atomic mass is 9.92. The van der Waals surface area contributed by atoms with Crippen molar-refractivity contribution in [1.82, 2.24) is 0 Å². The third kappa shape index (κ3) is 4.94. The van der Waals surface area contributed by atoms with Crippen LogP contribution in [0.15, 0.2) is 42.5 Å². The maximum atomic E-state index is 12.5. The molecule has 0 heterocycles. The van der Waals surface area contributed by atoms with Crippen molar-refractivity contribution in [2.75, 3.05) is 10.6 Å².